The molecule has 0 saturated carbocycles. The molecule has 2 atom stereocenters. The van der Waals surface area contributed by atoms with Gasteiger partial charge in [0, 0.05) is 6.04 Å². The van der Waals surface area contributed by atoms with E-state index in [2.05, 4.69) is 24.0 Å². The first-order valence-electron chi connectivity index (χ1n) is 5.74. The summed E-state index contributed by atoms with van der Waals surface area (Å²) in [5.74, 6) is 0. The number of hydrogen-bond donors (Lipinski definition) is 1. The van der Waals surface area contributed by atoms with E-state index in [1.807, 2.05) is 18.2 Å². The molecule has 0 amide bonds. The van der Waals surface area contributed by atoms with E-state index in [0.29, 0.717) is 6.04 Å². The summed E-state index contributed by atoms with van der Waals surface area (Å²) in [6.07, 6.45) is 2.51. The molecule has 1 N–H and O–H groups in total. The molecule has 2 rings (SSSR count). The van der Waals surface area contributed by atoms with Crippen LogP contribution in [0.3, 0.4) is 0 Å². The van der Waals surface area contributed by atoms with Crippen LogP contribution in [-0.2, 0) is 0 Å². The fraction of sp³-hybridized carbons (Fsp3) is 0.538. The zero-order chi connectivity index (χ0) is 10.7. The molecule has 1 fully saturated rings. The molecule has 0 spiro atoms. The van der Waals surface area contributed by atoms with Crippen LogP contribution >= 0.6 is 0 Å². The second-order valence-corrected chi connectivity index (χ2v) is 4.34. The molecule has 2 nitrogen and oxygen atoms in total. The molecule has 82 valence electrons. The lowest BCUT2D eigenvalue weighted by Gasteiger charge is -2.30. The first-order chi connectivity index (χ1) is 7.33. The summed E-state index contributed by atoms with van der Waals surface area (Å²) in [6, 6.07) is 11.1. The molecular weight excluding hydrogens is 186 g/mol. The lowest BCUT2D eigenvalue weighted by atomic mass is 10.1. The smallest absolute Gasteiger partial charge is 0.0628 e. The number of nitrogens with zero attached hydrogens (tertiary/aromatic N) is 1. The Morgan fingerprint density at radius 2 is 2.13 bits per heavy atom. The van der Waals surface area contributed by atoms with Crippen LogP contribution in [0.1, 0.15) is 31.4 Å². The van der Waals surface area contributed by atoms with Gasteiger partial charge >= 0.3 is 0 Å². The predicted octanol–water partition coefficient (Wildman–Crippen LogP) is 2.20. The summed E-state index contributed by atoms with van der Waals surface area (Å²) in [5, 5.41) is 9.52. The van der Waals surface area contributed by atoms with Gasteiger partial charge in [0.15, 0.2) is 0 Å². The summed E-state index contributed by atoms with van der Waals surface area (Å²) in [7, 11) is 0. The Morgan fingerprint density at radius 1 is 1.40 bits per heavy atom. The van der Waals surface area contributed by atoms with Crippen molar-refractivity contribution >= 4 is 0 Å². The van der Waals surface area contributed by atoms with E-state index in [4.69, 9.17) is 0 Å². The van der Waals surface area contributed by atoms with Crippen LogP contribution in [0, 0.1) is 0 Å². The zero-order valence-corrected chi connectivity index (χ0v) is 9.26. The minimum atomic E-state index is 0.184. The van der Waals surface area contributed by atoms with Gasteiger partial charge in [-0.25, -0.2) is 0 Å². The second-order valence-electron chi connectivity index (χ2n) is 4.34. The third-order valence-electron chi connectivity index (χ3n) is 3.36. The fourth-order valence-electron chi connectivity index (χ4n) is 2.50. The van der Waals surface area contributed by atoms with Crippen molar-refractivity contribution in [3.05, 3.63) is 35.9 Å². The van der Waals surface area contributed by atoms with Crippen molar-refractivity contribution in [1.82, 2.24) is 4.90 Å². The van der Waals surface area contributed by atoms with E-state index in [-0.39, 0.29) is 12.6 Å². The Bertz CT molecular complexity index is 299. The van der Waals surface area contributed by atoms with Crippen LogP contribution in [0.15, 0.2) is 30.3 Å². The van der Waals surface area contributed by atoms with Gasteiger partial charge in [-0.05, 0) is 31.9 Å². The van der Waals surface area contributed by atoms with Crippen LogP contribution in [0.25, 0.3) is 0 Å². The van der Waals surface area contributed by atoms with E-state index in [1.165, 1.54) is 18.4 Å². The van der Waals surface area contributed by atoms with Gasteiger partial charge in [-0.15, -0.1) is 0 Å². The lowest BCUT2D eigenvalue weighted by Crippen LogP contribution is -2.33. The molecule has 0 aromatic heterocycles. The van der Waals surface area contributed by atoms with Crippen LogP contribution < -0.4 is 0 Å². The van der Waals surface area contributed by atoms with Crippen molar-refractivity contribution in [2.24, 2.45) is 0 Å². The van der Waals surface area contributed by atoms with Crippen molar-refractivity contribution in [3.63, 3.8) is 0 Å². The molecule has 1 aliphatic rings. The van der Waals surface area contributed by atoms with Gasteiger partial charge in [-0.3, -0.25) is 4.90 Å². The third kappa shape index (κ3) is 2.21. The Kier molecular flexibility index (Phi) is 3.39. The average Bonchev–Trinajstić information content (AvgIpc) is 2.68. The minimum Gasteiger partial charge on any atom is -0.394 e. The molecule has 15 heavy (non-hydrogen) atoms. The van der Waals surface area contributed by atoms with Gasteiger partial charge in [0.2, 0.25) is 0 Å². The van der Waals surface area contributed by atoms with Gasteiger partial charge in [-0.2, -0.15) is 0 Å². The maximum atomic E-state index is 9.52. The highest BCUT2D eigenvalue weighted by Gasteiger charge is 2.27. The number of rotatable bonds is 3. The van der Waals surface area contributed by atoms with E-state index >= 15 is 0 Å². The molecular formula is C13H19NO. The first kappa shape index (κ1) is 10.7. The normalized spacial score (nSPS) is 24.3. The number of aliphatic hydroxyl groups excluding tert-OH is 1. The van der Waals surface area contributed by atoms with Crippen molar-refractivity contribution in [1.29, 1.82) is 0 Å². The highest BCUT2D eigenvalue weighted by atomic mass is 16.3. The molecule has 1 aliphatic heterocycles. The second kappa shape index (κ2) is 4.77. The number of benzene rings is 1. The topological polar surface area (TPSA) is 23.5 Å². The first-order valence-corrected chi connectivity index (χ1v) is 5.74. The number of aliphatic hydroxyl groups is 1. The highest BCUT2D eigenvalue weighted by Crippen LogP contribution is 2.28. The Labute approximate surface area is 91.5 Å². The van der Waals surface area contributed by atoms with Crippen LogP contribution in [0.5, 0.6) is 0 Å². The van der Waals surface area contributed by atoms with E-state index in [0.717, 1.165) is 6.54 Å². The van der Waals surface area contributed by atoms with Gasteiger partial charge in [0.25, 0.3) is 0 Å². The van der Waals surface area contributed by atoms with Crippen LogP contribution in [0.4, 0.5) is 0 Å². The van der Waals surface area contributed by atoms with Gasteiger partial charge in [0.1, 0.15) is 0 Å². The Balaban J connectivity index is 2.17. The molecule has 1 heterocycles. The maximum absolute atomic E-state index is 9.52. The third-order valence-corrected chi connectivity index (χ3v) is 3.36. The van der Waals surface area contributed by atoms with Gasteiger partial charge in [0.05, 0.1) is 12.6 Å². The minimum absolute atomic E-state index is 0.184. The number of hydrogen-bond acceptors (Lipinski definition) is 2. The molecule has 1 aromatic rings. The maximum Gasteiger partial charge on any atom is 0.0628 e. The molecule has 0 radical (unpaired) electrons. The van der Waals surface area contributed by atoms with Crippen LogP contribution in [-0.4, -0.2) is 29.2 Å². The quantitative estimate of drug-likeness (QED) is 0.817. The van der Waals surface area contributed by atoms with Crippen LogP contribution in [0.2, 0.25) is 0 Å². The van der Waals surface area contributed by atoms with Crippen molar-refractivity contribution in [3.8, 4) is 0 Å². The van der Waals surface area contributed by atoms with Gasteiger partial charge in [-0.1, -0.05) is 30.3 Å². The van der Waals surface area contributed by atoms with Crippen molar-refractivity contribution in [2.75, 3.05) is 13.2 Å². The molecule has 0 bridgehead atoms. The Hall–Kier alpha value is -0.860. The summed E-state index contributed by atoms with van der Waals surface area (Å²) in [6.45, 7) is 3.58. The zero-order valence-electron chi connectivity index (χ0n) is 9.26. The summed E-state index contributed by atoms with van der Waals surface area (Å²) in [4.78, 5) is 2.41. The molecule has 1 aromatic carbocycles. The largest absolute Gasteiger partial charge is 0.394 e. The predicted molar refractivity (Wildman–Crippen MR) is 61.7 cm³/mol. The highest BCUT2D eigenvalue weighted by molar-refractivity contribution is 5.19. The average molecular weight is 205 g/mol. The van der Waals surface area contributed by atoms with Crippen molar-refractivity contribution < 1.29 is 5.11 Å². The summed E-state index contributed by atoms with van der Waals surface area (Å²) >= 11 is 0. The number of likely N-dealkylation sites (tertiary alicyclic amines) is 1. The fourth-order valence-corrected chi connectivity index (χ4v) is 2.50. The molecule has 0 aliphatic carbocycles. The molecule has 2 unspecified atom stereocenters. The lowest BCUT2D eigenvalue weighted by molar-refractivity contribution is 0.118. The molecule has 2 heteroatoms. The summed E-state index contributed by atoms with van der Waals surface area (Å²) in [5.41, 5.74) is 1.23. The Morgan fingerprint density at radius 3 is 2.67 bits per heavy atom. The SMILES string of the molecule is CC1CCCN1C(CO)c1ccccc1. The van der Waals surface area contributed by atoms with E-state index < -0.39 is 0 Å². The standard InChI is InChI=1S/C13H19NO/c1-11-6-5-9-14(11)13(10-15)12-7-3-2-4-8-12/h2-4,7-8,11,13,15H,5-6,9-10H2,1H3. The van der Waals surface area contributed by atoms with Gasteiger partial charge < -0.3 is 5.11 Å². The van der Waals surface area contributed by atoms with E-state index in [1.54, 1.807) is 0 Å². The van der Waals surface area contributed by atoms with Crippen molar-refractivity contribution in [2.45, 2.75) is 31.8 Å². The van der Waals surface area contributed by atoms with E-state index in [9.17, 15) is 5.11 Å². The monoisotopic (exact) mass is 205 g/mol. The molecule has 1 saturated heterocycles. The summed E-state index contributed by atoms with van der Waals surface area (Å²) < 4.78 is 0.